The maximum Gasteiger partial charge on any atom is 0.322 e. The van der Waals surface area contributed by atoms with Gasteiger partial charge in [0.25, 0.3) is 0 Å². The highest BCUT2D eigenvalue weighted by molar-refractivity contribution is 6.08. The average Bonchev–Trinajstić information content (AvgIpc) is 2.38. The lowest BCUT2D eigenvalue weighted by Crippen LogP contribution is -2.53. The number of hydrazine groups is 1. The summed E-state index contributed by atoms with van der Waals surface area (Å²) in [5.74, 6) is -0.845. The molecule has 0 aromatic heterocycles. The number of esters is 1. The van der Waals surface area contributed by atoms with E-state index >= 15 is 0 Å². The summed E-state index contributed by atoms with van der Waals surface area (Å²) >= 11 is 0. The van der Waals surface area contributed by atoms with Gasteiger partial charge in [-0.2, -0.15) is 5.01 Å². The van der Waals surface area contributed by atoms with E-state index in [0.29, 0.717) is 11.3 Å². The molecule has 0 aliphatic carbocycles. The van der Waals surface area contributed by atoms with Gasteiger partial charge < -0.3 is 4.74 Å². The highest BCUT2D eigenvalue weighted by Crippen LogP contribution is 2.27. The van der Waals surface area contributed by atoms with Crippen LogP contribution in [0, 0.1) is 0 Å². The number of amides is 1. The predicted molar refractivity (Wildman–Crippen MR) is 72.1 cm³/mol. The Labute approximate surface area is 116 Å². The van der Waals surface area contributed by atoms with Crippen molar-refractivity contribution in [3.63, 3.8) is 0 Å². The summed E-state index contributed by atoms with van der Waals surface area (Å²) in [6.45, 7) is 3.21. The quantitative estimate of drug-likeness (QED) is 0.771. The molecular formula is C14H16N2O4. The minimum Gasteiger partial charge on any atom is -0.465 e. The van der Waals surface area contributed by atoms with Gasteiger partial charge in [0.2, 0.25) is 5.91 Å². The molecule has 0 spiro atoms. The van der Waals surface area contributed by atoms with E-state index in [-0.39, 0.29) is 31.4 Å². The second-order valence-corrected chi connectivity index (χ2v) is 4.40. The summed E-state index contributed by atoms with van der Waals surface area (Å²) in [7, 11) is 0. The molecule has 0 atom stereocenters. The molecule has 20 heavy (non-hydrogen) atoms. The monoisotopic (exact) mass is 276 g/mol. The van der Waals surface area contributed by atoms with E-state index in [4.69, 9.17) is 4.74 Å². The number of benzene rings is 1. The van der Waals surface area contributed by atoms with Gasteiger partial charge in [-0.3, -0.25) is 14.4 Å². The van der Waals surface area contributed by atoms with Gasteiger partial charge in [-0.25, -0.2) is 5.01 Å². The third-order valence-corrected chi connectivity index (χ3v) is 2.96. The van der Waals surface area contributed by atoms with Crippen molar-refractivity contribution in [1.82, 2.24) is 5.01 Å². The number of hydrogen-bond acceptors (Lipinski definition) is 5. The van der Waals surface area contributed by atoms with E-state index in [9.17, 15) is 14.4 Å². The van der Waals surface area contributed by atoms with Crippen LogP contribution in [0.5, 0.6) is 0 Å². The van der Waals surface area contributed by atoms with Gasteiger partial charge in [0.1, 0.15) is 6.54 Å². The molecule has 106 valence electrons. The summed E-state index contributed by atoms with van der Waals surface area (Å²) in [6.07, 6.45) is 0. The molecule has 1 heterocycles. The van der Waals surface area contributed by atoms with Crippen LogP contribution in [0.3, 0.4) is 0 Å². The average molecular weight is 276 g/mol. The minimum absolute atomic E-state index is 0.0184. The molecule has 6 nitrogen and oxygen atoms in total. The first kappa shape index (κ1) is 14.2. The number of fused-ring (bicyclic) bond motifs is 1. The second-order valence-electron chi connectivity index (χ2n) is 4.40. The van der Waals surface area contributed by atoms with Gasteiger partial charge in [-0.05, 0) is 19.1 Å². The third kappa shape index (κ3) is 2.70. The molecule has 0 N–H and O–H groups in total. The maximum atomic E-state index is 12.1. The molecule has 1 aliphatic heterocycles. The number of carbonyl (C=O) groups is 3. The number of rotatable bonds is 3. The van der Waals surface area contributed by atoms with Gasteiger partial charge in [-0.1, -0.05) is 12.1 Å². The third-order valence-electron chi connectivity index (χ3n) is 2.96. The van der Waals surface area contributed by atoms with Crippen molar-refractivity contribution in [2.24, 2.45) is 0 Å². The van der Waals surface area contributed by atoms with Crippen LogP contribution < -0.4 is 5.01 Å². The molecule has 1 aromatic rings. The summed E-state index contributed by atoms with van der Waals surface area (Å²) < 4.78 is 4.87. The highest BCUT2D eigenvalue weighted by atomic mass is 16.5. The second kappa shape index (κ2) is 5.83. The number of ether oxygens (including phenoxy) is 1. The first-order valence-corrected chi connectivity index (χ1v) is 6.38. The fourth-order valence-corrected chi connectivity index (χ4v) is 2.22. The fraction of sp³-hybridized carbons (Fsp3) is 0.357. The largest absolute Gasteiger partial charge is 0.465 e. The molecule has 0 fully saturated rings. The van der Waals surface area contributed by atoms with Gasteiger partial charge in [0, 0.05) is 12.5 Å². The van der Waals surface area contributed by atoms with Gasteiger partial charge in [0.15, 0.2) is 5.78 Å². The van der Waals surface area contributed by atoms with Crippen LogP contribution in [0.15, 0.2) is 24.3 Å². The van der Waals surface area contributed by atoms with Crippen molar-refractivity contribution in [1.29, 1.82) is 0 Å². The maximum absolute atomic E-state index is 12.1. The Hall–Kier alpha value is -2.21. The molecule has 0 unspecified atom stereocenters. The normalized spacial score (nSPS) is 14.9. The van der Waals surface area contributed by atoms with Gasteiger partial charge in [-0.15, -0.1) is 0 Å². The van der Waals surface area contributed by atoms with E-state index in [1.807, 2.05) is 0 Å². The smallest absolute Gasteiger partial charge is 0.322 e. The molecule has 6 heteroatoms. The number of nitrogens with zero attached hydrogens (tertiary/aromatic N) is 2. The van der Waals surface area contributed by atoms with Crippen LogP contribution in [0.2, 0.25) is 0 Å². The zero-order valence-electron chi connectivity index (χ0n) is 11.5. The predicted octanol–water partition coefficient (Wildman–Crippen LogP) is 1.02. The fourth-order valence-electron chi connectivity index (χ4n) is 2.22. The molecule has 0 radical (unpaired) electrons. The van der Waals surface area contributed by atoms with Crippen LogP contribution in [-0.2, 0) is 14.3 Å². The van der Waals surface area contributed by atoms with Crippen molar-refractivity contribution in [2.75, 3.05) is 24.7 Å². The number of carbonyl (C=O) groups excluding carboxylic acids is 3. The Bertz CT molecular complexity index is 556. The summed E-state index contributed by atoms with van der Waals surface area (Å²) in [5, 5.41) is 2.76. The molecule has 2 rings (SSSR count). The Morgan fingerprint density at radius 3 is 2.65 bits per heavy atom. The zero-order valence-corrected chi connectivity index (χ0v) is 11.5. The van der Waals surface area contributed by atoms with Gasteiger partial charge >= 0.3 is 5.97 Å². The van der Waals surface area contributed by atoms with E-state index in [2.05, 4.69) is 0 Å². The van der Waals surface area contributed by atoms with Crippen LogP contribution in [-0.4, -0.2) is 42.4 Å². The molecular weight excluding hydrogens is 260 g/mol. The van der Waals surface area contributed by atoms with E-state index in [0.717, 1.165) is 0 Å². The van der Waals surface area contributed by atoms with Crippen molar-refractivity contribution in [3.8, 4) is 0 Å². The lowest BCUT2D eigenvalue weighted by atomic mass is 10.1. The molecule has 0 bridgehead atoms. The topological polar surface area (TPSA) is 66.9 Å². The zero-order chi connectivity index (χ0) is 14.7. The number of hydrogen-bond donors (Lipinski definition) is 0. The highest BCUT2D eigenvalue weighted by Gasteiger charge is 2.33. The van der Waals surface area contributed by atoms with Crippen molar-refractivity contribution < 1.29 is 19.1 Å². The lowest BCUT2D eigenvalue weighted by Gasteiger charge is -2.37. The standard InChI is InChI=1S/C14H16N2O4/c1-3-20-14(19)9-15-8-13(18)11-6-4-5-7-12(11)16(15)10(2)17/h4-7H,3,8-9H2,1-2H3. The minimum atomic E-state index is -0.467. The van der Waals surface area contributed by atoms with E-state index in [1.165, 1.54) is 16.9 Å². The summed E-state index contributed by atoms with van der Waals surface area (Å²) in [5.41, 5.74) is 0.989. The molecule has 1 aromatic carbocycles. The number of anilines is 1. The Morgan fingerprint density at radius 2 is 2.00 bits per heavy atom. The Morgan fingerprint density at radius 1 is 1.30 bits per heavy atom. The first-order chi connectivity index (χ1) is 9.54. The molecule has 0 saturated carbocycles. The van der Waals surface area contributed by atoms with E-state index in [1.54, 1.807) is 31.2 Å². The van der Waals surface area contributed by atoms with Crippen LogP contribution >= 0.6 is 0 Å². The molecule has 1 aliphatic rings. The first-order valence-electron chi connectivity index (χ1n) is 6.38. The van der Waals surface area contributed by atoms with Crippen molar-refractivity contribution in [2.45, 2.75) is 13.8 Å². The summed E-state index contributed by atoms with van der Waals surface area (Å²) in [4.78, 5) is 35.5. The van der Waals surface area contributed by atoms with E-state index < -0.39 is 5.97 Å². The Balaban J connectivity index is 2.33. The number of Topliss-reactive ketones (excluding diaryl/α,β-unsaturated/α-hetero) is 1. The van der Waals surface area contributed by atoms with Crippen LogP contribution in [0.25, 0.3) is 0 Å². The molecule has 0 saturated heterocycles. The SMILES string of the molecule is CCOC(=O)CN1CC(=O)c2ccccc2N1C(C)=O. The molecule has 1 amide bonds. The van der Waals surface area contributed by atoms with Crippen LogP contribution in [0.4, 0.5) is 5.69 Å². The van der Waals surface area contributed by atoms with Crippen molar-refractivity contribution in [3.05, 3.63) is 29.8 Å². The number of ketones is 1. The lowest BCUT2D eigenvalue weighted by molar-refractivity contribution is -0.144. The Kier molecular flexibility index (Phi) is 4.14. The van der Waals surface area contributed by atoms with Crippen molar-refractivity contribution >= 4 is 23.3 Å². The van der Waals surface area contributed by atoms with Gasteiger partial charge in [0.05, 0.1) is 18.8 Å². The number of para-hydroxylation sites is 1. The van der Waals surface area contributed by atoms with Crippen LogP contribution in [0.1, 0.15) is 24.2 Å². The summed E-state index contributed by atoms with van der Waals surface area (Å²) in [6, 6.07) is 6.85.